The number of guanidine groups is 1. The number of esters is 1. The molecular weight excluding hydrogens is 358 g/mol. The zero-order valence-corrected chi connectivity index (χ0v) is 17.5. The number of ether oxygens (including phenoxy) is 3. The minimum atomic E-state index is -0.414. The van der Waals surface area contributed by atoms with E-state index in [1.54, 1.807) is 26.3 Å². The lowest BCUT2D eigenvalue weighted by Crippen LogP contribution is -2.43. The van der Waals surface area contributed by atoms with Crippen LogP contribution < -0.4 is 15.4 Å². The molecule has 1 aliphatic carbocycles. The Morgan fingerprint density at radius 3 is 2.54 bits per heavy atom. The molecule has 0 amide bonds. The third-order valence-electron chi connectivity index (χ3n) is 5.48. The van der Waals surface area contributed by atoms with Crippen LogP contribution in [0.3, 0.4) is 0 Å². The Bertz CT molecular complexity index is 670. The maximum atomic E-state index is 11.9. The Hall–Kier alpha value is -2.28. The highest BCUT2D eigenvalue weighted by molar-refractivity contribution is 5.92. The number of carbonyl (C=O) groups is 1. The van der Waals surface area contributed by atoms with E-state index >= 15 is 0 Å². The van der Waals surface area contributed by atoms with Crippen molar-refractivity contribution >= 4 is 11.9 Å². The molecule has 1 aromatic rings. The number of benzene rings is 1. The van der Waals surface area contributed by atoms with Crippen LogP contribution in [0.25, 0.3) is 0 Å². The minimum absolute atomic E-state index is 0.284. The van der Waals surface area contributed by atoms with Crippen LogP contribution in [0.5, 0.6) is 5.75 Å². The van der Waals surface area contributed by atoms with Gasteiger partial charge in [-0.3, -0.25) is 4.99 Å². The van der Waals surface area contributed by atoms with Crippen LogP contribution >= 0.6 is 0 Å². The van der Waals surface area contributed by atoms with Crippen molar-refractivity contribution in [3.05, 3.63) is 29.3 Å². The normalized spacial score (nSPS) is 15.9. The fourth-order valence-electron chi connectivity index (χ4n) is 3.77. The van der Waals surface area contributed by atoms with Crippen LogP contribution in [0.1, 0.15) is 48.0 Å². The summed E-state index contributed by atoms with van der Waals surface area (Å²) in [4.78, 5) is 16.3. The summed E-state index contributed by atoms with van der Waals surface area (Å²) >= 11 is 0. The highest BCUT2D eigenvalue weighted by atomic mass is 16.5. The summed E-state index contributed by atoms with van der Waals surface area (Å²) in [6.45, 7) is 2.21. The maximum absolute atomic E-state index is 11.9. The van der Waals surface area contributed by atoms with Gasteiger partial charge in [-0.1, -0.05) is 18.9 Å². The van der Waals surface area contributed by atoms with E-state index in [1.807, 2.05) is 6.07 Å². The molecule has 0 bridgehead atoms. The van der Waals surface area contributed by atoms with Gasteiger partial charge in [0.1, 0.15) is 11.3 Å². The van der Waals surface area contributed by atoms with Gasteiger partial charge in [0.2, 0.25) is 0 Å². The van der Waals surface area contributed by atoms with Crippen LogP contribution in [0.4, 0.5) is 0 Å². The van der Waals surface area contributed by atoms with Gasteiger partial charge in [-0.25, -0.2) is 4.79 Å². The molecule has 2 N–H and O–H groups in total. The minimum Gasteiger partial charge on any atom is -0.496 e. The largest absolute Gasteiger partial charge is 0.496 e. The topological polar surface area (TPSA) is 81.2 Å². The van der Waals surface area contributed by atoms with E-state index in [1.165, 1.54) is 39.9 Å². The summed E-state index contributed by atoms with van der Waals surface area (Å²) in [7, 11) is 6.42. The summed E-state index contributed by atoms with van der Waals surface area (Å²) in [5, 5.41) is 6.79. The lowest BCUT2D eigenvalue weighted by molar-refractivity contribution is 0.0597. The van der Waals surface area contributed by atoms with Crippen molar-refractivity contribution < 1.29 is 19.0 Å². The number of nitrogens with zero attached hydrogens (tertiary/aromatic N) is 1. The van der Waals surface area contributed by atoms with Gasteiger partial charge in [0.25, 0.3) is 0 Å². The molecule has 1 saturated carbocycles. The first kappa shape index (κ1) is 22.0. The Morgan fingerprint density at radius 2 is 1.93 bits per heavy atom. The Morgan fingerprint density at radius 1 is 1.18 bits per heavy atom. The number of nitrogens with one attached hydrogen (secondary N) is 2. The van der Waals surface area contributed by atoms with Crippen molar-refractivity contribution in [2.45, 2.75) is 38.6 Å². The number of hydrogen-bond acceptors (Lipinski definition) is 5. The molecule has 1 aliphatic rings. The second kappa shape index (κ2) is 10.9. The van der Waals surface area contributed by atoms with Gasteiger partial charge >= 0.3 is 5.97 Å². The Balaban J connectivity index is 1.95. The van der Waals surface area contributed by atoms with E-state index in [2.05, 4.69) is 15.6 Å². The van der Waals surface area contributed by atoms with E-state index in [9.17, 15) is 4.79 Å². The summed E-state index contributed by atoms with van der Waals surface area (Å²) in [5.74, 6) is 0.834. The Kier molecular flexibility index (Phi) is 8.57. The highest BCUT2D eigenvalue weighted by Crippen LogP contribution is 2.40. The molecule has 0 aromatic heterocycles. The summed E-state index contributed by atoms with van der Waals surface area (Å²) < 4.78 is 15.4. The zero-order valence-electron chi connectivity index (χ0n) is 17.5. The van der Waals surface area contributed by atoms with Gasteiger partial charge in [0.05, 0.1) is 14.2 Å². The van der Waals surface area contributed by atoms with E-state index < -0.39 is 5.97 Å². The van der Waals surface area contributed by atoms with Gasteiger partial charge in [0, 0.05) is 33.9 Å². The average molecular weight is 392 g/mol. The predicted octanol–water partition coefficient (Wildman–Crippen LogP) is 2.74. The highest BCUT2D eigenvalue weighted by Gasteiger charge is 2.33. The third-order valence-corrected chi connectivity index (χ3v) is 5.48. The standard InChI is InChI=1S/C21H33N3O4/c1-22-20(24-15-21(11-12-26-2)9-5-6-10-21)23-14-16-7-8-18(27-3)17(13-16)19(25)28-4/h7-8,13H,5-6,9-12,14-15H2,1-4H3,(H2,22,23,24). The number of methoxy groups -OCH3 is 3. The molecular formula is C21H33N3O4. The average Bonchev–Trinajstić information content (AvgIpc) is 3.20. The van der Waals surface area contributed by atoms with Crippen LogP contribution in [0.2, 0.25) is 0 Å². The molecule has 0 unspecified atom stereocenters. The molecule has 0 spiro atoms. The number of hydrogen-bond donors (Lipinski definition) is 2. The quantitative estimate of drug-likeness (QED) is 0.383. The molecule has 156 valence electrons. The summed E-state index contributed by atoms with van der Waals surface area (Å²) in [5.41, 5.74) is 1.64. The SMILES string of the molecule is CN=C(NCc1ccc(OC)c(C(=O)OC)c1)NCC1(CCOC)CCCC1. The lowest BCUT2D eigenvalue weighted by atomic mass is 9.83. The second-order valence-corrected chi connectivity index (χ2v) is 7.26. The molecule has 0 heterocycles. The first-order valence-corrected chi connectivity index (χ1v) is 9.76. The van der Waals surface area contributed by atoms with Crippen molar-refractivity contribution in [3.63, 3.8) is 0 Å². The summed E-state index contributed by atoms with van der Waals surface area (Å²) in [6, 6.07) is 5.47. The van der Waals surface area contributed by atoms with Gasteiger partial charge in [0.15, 0.2) is 5.96 Å². The van der Waals surface area contributed by atoms with E-state index in [-0.39, 0.29) is 5.41 Å². The van der Waals surface area contributed by atoms with E-state index in [0.717, 1.165) is 31.1 Å². The van der Waals surface area contributed by atoms with Crippen LogP contribution in [0, 0.1) is 5.41 Å². The monoisotopic (exact) mass is 391 g/mol. The molecule has 7 nitrogen and oxygen atoms in total. The number of rotatable bonds is 9. The van der Waals surface area contributed by atoms with Crippen LogP contribution in [-0.2, 0) is 16.0 Å². The lowest BCUT2D eigenvalue weighted by Gasteiger charge is -2.30. The first-order chi connectivity index (χ1) is 13.6. The molecule has 0 atom stereocenters. The van der Waals surface area contributed by atoms with Gasteiger partial charge in [-0.05, 0) is 42.4 Å². The van der Waals surface area contributed by atoms with Gasteiger partial charge < -0.3 is 24.8 Å². The smallest absolute Gasteiger partial charge is 0.341 e. The second-order valence-electron chi connectivity index (χ2n) is 7.26. The van der Waals surface area contributed by atoms with Crippen LogP contribution in [-0.4, -0.2) is 53.5 Å². The van der Waals surface area contributed by atoms with Gasteiger partial charge in [-0.2, -0.15) is 0 Å². The maximum Gasteiger partial charge on any atom is 0.341 e. The molecule has 0 saturated heterocycles. The molecule has 28 heavy (non-hydrogen) atoms. The van der Waals surface area contributed by atoms with Crippen molar-refractivity contribution in [1.82, 2.24) is 10.6 Å². The number of carbonyl (C=O) groups excluding carboxylic acids is 1. The summed E-state index contributed by atoms with van der Waals surface area (Å²) in [6.07, 6.45) is 6.07. The number of aliphatic imine (C=N–C) groups is 1. The first-order valence-electron chi connectivity index (χ1n) is 9.76. The zero-order chi connectivity index (χ0) is 20.4. The Labute approximate surface area is 167 Å². The van der Waals surface area contributed by atoms with E-state index in [4.69, 9.17) is 14.2 Å². The van der Waals surface area contributed by atoms with Crippen molar-refractivity contribution in [1.29, 1.82) is 0 Å². The third kappa shape index (κ3) is 5.86. The van der Waals surface area contributed by atoms with E-state index in [0.29, 0.717) is 17.9 Å². The predicted molar refractivity (Wildman–Crippen MR) is 110 cm³/mol. The van der Waals surface area contributed by atoms with Crippen molar-refractivity contribution in [2.24, 2.45) is 10.4 Å². The molecule has 1 fully saturated rings. The fourth-order valence-corrected chi connectivity index (χ4v) is 3.77. The van der Waals surface area contributed by atoms with Gasteiger partial charge in [-0.15, -0.1) is 0 Å². The molecule has 7 heteroatoms. The van der Waals surface area contributed by atoms with Crippen molar-refractivity contribution in [3.8, 4) is 5.75 Å². The fraction of sp³-hybridized carbons (Fsp3) is 0.619. The molecule has 0 aliphatic heterocycles. The van der Waals surface area contributed by atoms with Crippen LogP contribution in [0.15, 0.2) is 23.2 Å². The molecule has 0 radical (unpaired) electrons. The van der Waals surface area contributed by atoms with Crippen molar-refractivity contribution in [2.75, 3.05) is 41.5 Å². The molecule has 1 aromatic carbocycles. The molecule has 2 rings (SSSR count).